The van der Waals surface area contributed by atoms with Crippen LogP contribution in [-0.2, 0) is 19.4 Å². The molecule has 2 rings (SSSR count). The van der Waals surface area contributed by atoms with Gasteiger partial charge in [-0.05, 0) is 36.8 Å². The molecule has 0 unspecified atom stereocenters. The van der Waals surface area contributed by atoms with Gasteiger partial charge in [-0.3, -0.25) is 10.1 Å². The molecular weight excluding hydrogens is 391 g/mol. The minimum Gasteiger partial charge on any atom is -0.452 e. The van der Waals surface area contributed by atoms with Crippen LogP contribution in [0.15, 0.2) is 47.4 Å². The largest absolute Gasteiger partial charge is 0.452 e. The van der Waals surface area contributed by atoms with Crippen molar-refractivity contribution < 1.29 is 31.9 Å². The average Bonchev–Trinajstić information content (AvgIpc) is 2.61. The smallest absolute Gasteiger partial charge is 0.338 e. The third-order valence-corrected chi connectivity index (χ3v) is 4.68. The molecule has 2 N–H and O–H groups in total. The molecular formula is C18H17FN2O6S. The minimum absolute atomic E-state index is 0.0217. The number of halogens is 1. The molecule has 28 heavy (non-hydrogen) atoms. The lowest BCUT2D eigenvalue weighted by molar-refractivity contribution is -0.123. The predicted molar refractivity (Wildman–Crippen MR) is 98.1 cm³/mol. The number of ether oxygens (including phenoxy) is 1. The van der Waals surface area contributed by atoms with Gasteiger partial charge in [0.1, 0.15) is 5.82 Å². The predicted octanol–water partition coefficient (Wildman–Crippen LogP) is 2.04. The van der Waals surface area contributed by atoms with E-state index in [0.717, 1.165) is 18.4 Å². The summed E-state index contributed by atoms with van der Waals surface area (Å²) >= 11 is 0. The van der Waals surface area contributed by atoms with Crippen molar-refractivity contribution in [1.29, 1.82) is 0 Å². The van der Waals surface area contributed by atoms with Crippen LogP contribution < -0.4 is 10.6 Å². The number of carbonyl (C=O) groups excluding carboxylic acids is 3. The van der Waals surface area contributed by atoms with Gasteiger partial charge in [-0.15, -0.1) is 0 Å². The highest BCUT2D eigenvalue weighted by atomic mass is 32.2. The lowest BCUT2D eigenvalue weighted by atomic mass is 10.1. The summed E-state index contributed by atoms with van der Waals surface area (Å²) in [5.41, 5.74) is 0.305. The Morgan fingerprint density at radius 2 is 1.79 bits per heavy atom. The van der Waals surface area contributed by atoms with Gasteiger partial charge >= 0.3 is 12.0 Å². The zero-order valence-corrected chi connectivity index (χ0v) is 15.8. The molecule has 0 fully saturated rings. The third kappa shape index (κ3) is 5.61. The molecule has 2 aromatic rings. The summed E-state index contributed by atoms with van der Waals surface area (Å²) in [6.45, 7) is 0.788. The molecule has 3 amide bonds. The van der Waals surface area contributed by atoms with E-state index in [9.17, 15) is 27.2 Å². The van der Waals surface area contributed by atoms with Gasteiger partial charge in [0.2, 0.25) is 0 Å². The summed E-state index contributed by atoms with van der Waals surface area (Å²) in [5.74, 6) is -2.55. The van der Waals surface area contributed by atoms with Crippen molar-refractivity contribution in [2.24, 2.45) is 0 Å². The molecule has 0 saturated carbocycles. The molecule has 0 saturated heterocycles. The maximum atomic E-state index is 13.4. The molecule has 10 heteroatoms. The van der Waals surface area contributed by atoms with Crippen LogP contribution in [0.3, 0.4) is 0 Å². The van der Waals surface area contributed by atoms with Crippen molar-refractivity contribution in [3.05, 3.63) is 59.4 Å². The van der Waals surface area contributed by atoms with E-state index in [4.69, 9.17) is 4.74 Å². The lowest BCUT2D eigenvalue weighted by Crippen LogP contribution is -2.37. The van der Waals surface area contributed by atoms with Gasteiger partial charge in [0, 0.05) is 6.26 Å². The topological polar surface area (TPSA) is 119 Å². The maximum Gasteiger partial charge on any atom is 0.338 e. The van der Waals surface area contributed by atoms with Crippen molar-refractivity contribution in [3.63, 3.8) is 0 Å². The molecule has 0 aromatic heterocycles. The molecule has 0 radical (unpaired) electrons. The highest BCUT2D eigenvalue weighted by molar-refractivity contribution is 7.90. The first kappa shape index (κ1) is 21.0. The Balaban J connectivity index is 1.95. The number of amides is 3. The number of para-hydroxylation sites is 1. The highest BCUT2D eigenvalue weighted by Crippen LogP contribution is 2.16. The van der Waals surface area contributed by atoms with Crippen LogP contribution in [0.2, 0.25) is 0 Å². The number of benzene rings is 2. The monoisotopic (exact) mass is 408 g/mol. The number of urea groups is 1. The zero-order valence-electron chi connectivity index (χ0n) is 15.0. The van der Waals surface area contributed by atoms with Crippen molar-refractivity contribution in [3.8, 4) is 0 Å². The number of rotatable bonds is 5. The van der Waals surface area contributed by atoms with Gasteiger partial charge in [0.25, 0.3) is 5.91 Å². The van der Waals surface area contributed by atoms with E-state index >= 15 is 0 Å². The van der Waals surface area contributed by atoms with Crippen LogP contribution in [0.4, 0.5) is 14.9 Å². The van der Waals surface area contributed by atoms with Crippen LogP contribution in [-0.4, -0.2) is 39.2 Å². The summed E-state index contributed by atoms with van der Waals surface area (Å²) in [6.07, 6.45) is 0.994. The minimum atomic E-state index is -3.53. The van der Waals surface area contributed by atoms with E-state index in [2.05, 4.69) is 5.32 Å². The van der Waals surface area contributed by atoms with E-state index in [1.165, 1.54) is 30.3 Å². The zero-order chi connectivity index (χ0) is 20.9. The number of nitrogens with one attached hydrogen (secondary N) is 2. The molecule has 148 valence electrons. The normalized spacial score (nSPS) is 10.8. The Labute approximate surface area is 160 Å². The average molecular weight is 408 g/mol. The fourth-order valence-electron chi connectivity index (χ4n) is 2.14. The molecule has 0 heterocycles. The van der Waals surface area contributed by atoms with Crippen molar-refractivity contribution in [2.45, 2.75) is 11.8 Å². The number of sulfone groups is 1. The second kappa shape index (κ2) is 8.61. The number of hydrogen-bond acceptors (Lipinski definition) is 6. The van der Waals surface area contributed by atoms with Crippen molar-refractivity contribution in [1.82, 2.24) is 5.32 Å². The summed E-state index contributed by atoms with van der Waals surface area (Å²) < 4.78 is 41.4. The molecule has 0 spiro atoms. The van der Waals surface area contributed by atoms with Gasteiger partial charge in [0.15, 0.2) is 16.4 Å². The molecule has 8 nitrogen and oxygen atoms in total. The van der Waals surface area contributed by atoms with Gasteiger partial charge in [-0.2, -0.15) is 0 Å². The maximum absolute atomic E-state index is 13.4. The number of imide groups is 1. The van der Waals surface area contributed by atoms with E-state index in [1.807, 2.05) is 5.32 Å². The summed E-state index contributed by atoms with van der Waals surface area (Å²) in [7, 11) is -3.53. The Bertz CT molecular complexity index is 1040. The highest BCUT2D eigenvalue weighted by Gasteiger charge is 2.17. The van der Waals surface area contributed by atoms with E-state index in [0.29, 0.717) is 5.56 Å². The van der Waals surface area contributed by atoms with E-state index < -0.39 is 40.2 Å². The Morgan fingerprint density at radius 1 is 1.11 bits per heavy atom. The van der Waals surface area contributed by atoms with Crippen LogP contribution in [0.25, 0.3) is 0 Å². The second-order valence-corrected chi connectivity index (χ2v) is 7.82. The van der Waals surface area contributed by atoms with Crippen molar-refractivity contribution >= 4 is 33.4 Å². The van der Waals surface area contributed by atoms with Crippen LogP contribution in [0.1, 0.15) is 15.9 Å². The number of anilines is 1. The summed E-state index contributed by atoms with van der Waals surface area (Å²) in [5, 5.41) is 4.02. The van der Waals surface area contributed by atoms with Crippen LogP contribution in [0.5, 0.6) is 0 Å². The second-order valence-electron chi connectivity index (χ2n) is 5.81. The number of aryl methyl sites for hydroxylation is 1. The number of hydrogen-bond donors (Lipinski definition) is 2. The Kier molecular flexibility index (Phi) is 6.47. The standard InChI is InChI=1S/C18H17FN2O6S/c1-11-7-8-12(28(2,25)26)9-13(11)17(23)27-10-16(22)21-18(24)20-15-6-4-3-5-14(15)19/h3-9H,10H2,1-2H3,(H2,20,21,22,24). The molecule has 0 atom stereocenters. The van der Waals surface area contributed by atoms with Crippen LogP contribution in [0, 0.1) is 12.7 Å². The fraction of sp³-hybridized carbons (Fsp3) is 0.167. The SMILES string of the molecule is Cc1ccc(S(C)(=O)=O)cc1C(=O)OCC(=O)NC(=O)Nc1ccccc1F. The Hall–Kier alpha value is -3.27. The molecule has 0 bridgehead atoms. The number of carbonyl (C=O) groups is 3. The first-order valence-electron chi connectivity index (χ1n) is 7.91. The van der Waals surface area contributed by atoms with Gasteiger partial charge in [-0.1, -0.05) is 18.2 Å². The molecule has 0 aliphatic rings. The first-order valence-corrected chi connectivity index (χ1v) is 9.80. The van der Waals surface area contributed by atoms with Crippen molar-refractivity contribution in [2.75, 3.05) is 18.2 Å². The third-order valence-electron chi connectivity index (χ3n) is 3.57. The van der Waals surface area contributed by atoms with Crippen LogP contribution >= 0.6 is 0 Å². The lowest BCUT2D eigenvalue weighted by Gasteiger charge is -2.10. The first-order chi connectivity index (χ1) is 13.1. The van der Waals surface area contributed by atoms with Gasteiger partial charge in [0.05, 0.1) is 16.1 Å². The molecule has 2 aromatic carbocycles. The quantitative estimate of drug-likeness (QED) is 0.731. The molecule has 0 aliphatic carbocycles. The summed E-state index contributed by atoms with van der Waals surface area (Å²) in [4.78, 5) is 35.5. The summed E-state index contributed by atoms with van der Waals surface area (Å²) in [6, 6.07) is 8.30. The molecule has 0 aliphatic heterocycles. The van der Waals surface area contributed by atoms with Gasteiger partial charge in [-0.25, -0.2) is 22.4 Å². The number of esters is 1. The Morgan fingerprint density at radius 3 is 2.43 bits per heavy atom. The van der Waals surface area contributed by atoms with E-state index in [-0.39, 0.29) is 16.1 Å². The fourth-order valence-corrected chi connectivity index (χ4v) is 2.79. The van der Waals surface area contributed by atoms with Gasteiger partial charge < -0.3 is 10.1 Å². The van der Waals surface area contributed by atoms with E-state index in [1.54, 1.807) is 6.92 Å².